The molecule has 7 nitrogen and oxygen atoms in total. The average molecular weight is 330 g/mol. The number of rotatable bonds is 5. The van der Waals surface area contributed by atoms with Crippen LogP contribution in [0.25, 0.3) is 0 Å². The third kappa shape index (κ3) is 4.16. The van der Waals surface area contributed by atoms with Crippen LogP contribution in [0.1, 0.15) is 15.9 Å². The summed E-state index contributed by atoms with van der Waals surface area (Å²) in [4.78, 5) is 23.7. The van der Waals surface area contributed by atoms with E-state index in [1.165, 1.54) is 13.2 Å². The number of nitrogens with one attached hydrogen (secondary N) is 2. The average Bonchev–Trinajstić information content (AvgIpc) is 2.60. The van der Waals surface area contributed by atoms with Crippen LogP contribution in [0.5, 0.6) is 17.2 Å². The number of carbonyl (C=O) groups is 2. The molecule has 0 atom stereocenters. The quantitative estimate of drug-likeness (QED) is 0.723. The lowest BCUT2D eigenvalue weighted by molar-refractivity contribution is -0.123. The number of hydrazine groups is 1. The first kappa shape index (κ1) is 17.1. The van der Waals surface area contributed by atoms with Gasteiger partial charge in [-0.15, -0.1) is 0 Å². The maximum Gasteiger partial charge on any atom is 0.276 e. The Balaban J connectivity index is 1.87. The van der Waals surface area contributed by atoms with E-state index in [1.807, 2.05) is 0 Å². The molecule has 0 aromatic heterocycles. The van der Waals surface area contributed by atoms with E-state index in [9.17, 15) is 14.7 Å². The number of phenols is 1. The van der Waals surface area contributed by atoms with Crippen LogP contribution in [-0.2, 0) is 4.79 Å². The van der Waals surface area contributed by atoms with Gasteiger partial charge in [-0.2, -0.15) is 0 Å². The Hall–Kier alpha value is -3.22. The summed E-state index contributed by atoms with van der Waals surface area (Å²) in [6, 6.07) is 11.7. The molecule has 0 heterocycles. The molecule has 0 spiro atoms. The van der Waals surface area contributed by atoms with Gasteiger partial charge < -0.3 is 14.6 Å². The Bertz CT molecular complexity index is 746. The molecule has 0 bridgehead atoms. The van der Waals surface area contributed by atoms with E-state index in [-0.39, 0.29) is 17.9 Å². The number of carbonyl (C=O) groups excluding carboxylic acids is 2. The predicted molar refractivity (Wildman–Crippen MR) is 86.9 cm³/mol. The van der Waals surface area contributed by atoms with E-state index >= 15 is 0 Å². The van der Waals surface area contributed by atoms with Crippen LogP contribution in [0.3, 0.4) is 0 Å². The monoisotopic (exact) mass is 330 g/mol. The third-order valence-corrected chi connectivity index (χ3v) is 3.23. The Morgan fingerprint density at radius 3 is 2.46 bits per heavy atom. The Morgan fingerprint density at radius 1 is 1.04 bits per heavy atom. The molecular formula is C17H18N2O5. The molecule has 2 aromatic rings. The molecule has 0 saturated carbocycles. The first-order chi connectivity index (χ1) is 11.5. The van der Waals surface area contributed by atoms with Gasteiger partial charge in [0.1, 0.15) is 5.75 Å². The number of ether oxygens (including phenoxy) is 2. The van der Waals surface area contributed by atoms with Gasteiger partial charge in [-0.05, 0) is 30.7 Å². The molecule has 0 saturated heterocycles. The molecule has 126 valence electrons. The lowest BCUT2D eigenvalue weighted by Gasteiger charge is -2.11. The van der Waals surface area contributed by atoms with Crippen molar-refractivity contribution in [3.05, 3.63) is 53.6 Å². The zero-order valence-electron chi connectivity index (χ0n) is 13.3. The zero-order valence-corrected chi connectivity index (χ0v) is 13.3. The molecular weight excluding hydrogens is 312 g/mol. The van der Waals surface area contributed by atoms with Crippen LogP contribution < -0.4 is 20.3 Å². The molecule has 3 N–H and O–H groups in total. The van der Waals surface area contributed by atoms with Crippen LogP contribution in [0.4, 0.5) is 0 Å². The molecule has 2 amide bonds. The number of methoxy groups -OCH3 is 1. The van der Waals surface area contributed by atoms with E-state index in [0.717, 1.165) is 0 Å². The summed E-state index contributed by atoms with van der Waals surface area (Å²) in [5, 5.41) is 9.83. The minimum atomic E-state index is -0.623. The highest BCUT2D eigenvalue weighted by molar-refractivity contribution is 5.98. The molecule has 2 rings (SSSR count). The fraction of sp³-hybridized carbons (Fsp3) is 0.176. The standard InChI is InChI=1S/C17H18N2O5/c1-11-6-5-7-12(16(11)21)17(22)19-18-15(20)10-24-14-9-4-3-8-13(14)23-2/h3-9,21H,10H2,1-2H3,(H,18,20)(H,19,22). The molecule has 0 aliphatic rings. The van der Waals surface area contributed by atoms with Gasteiger partial charge in [0.05, 0.1) is 12.7 Å². The molecule has 24 heavy (non-hydrogen) atoms. The van der Waals surface area contributed by atoms with E-state index in [1.54, 1.807) is 43.3 Å². The number of amides is 2. The van der Waals surface area contributed by atoms with Gasteiger partial charge in [-0.3, -0.25) is 20.4 Å². The van der Waals surface area contributed by atoms with Crippen molar-refractivity contribution in [2.24, 2.45) is 0 Å². The lowest BCUT2D eigenvalue weighted by Crippen LogP contribution is -2.43. The highest BCUT2D eigenvalue weighted by Crippen LogP contribution is 2.25. The summed E-state index contributed by atoms with van der Waals surface area (Å²) in [5.74, 6) is -0.394. The van der Waals surface area contributed by atoms with Crippen molar-refractivity contribution in [2.75, 3.05) is 13.7 Å². The molecule has 7 heteroatoms. The molecule has 0 aliphatic heterocycles. The van der Waals surface area contributed by atoms with E-state index < -0.39 is 11.8 Å². The minimum Gasteiger partial charge on any atom is -0.507 e. The van der Waals surface area contributed by atoms with Crippen LogP contribution in [0.15, 0.2) is 42.5 Å². The number of benzene rings is 2. The highest BCUT2D eigenvalue weighted by Gasteiger charge is 2.13. The topological polar surface area (TPSA) is 96.9 Å². The van der Waals surface area contributed by atoms with Gasteiger partial charge in [0.15, 0.2) is 18.1 Å². The predicted octanol–water partition coefficient (Wildman–Crippen LogP) is 1.55. The Kier molecular flexibility index (Phi) is 5.62. The first-order valence-electron chi connectivity index (χ1n) is 7.16. The number of hydrogen-bond acceptors (Lipinski definition) is 5. The van der Waals surface area contributed by atoms with Gasteiger partial charge >= 0.3 is 0 Å². The van der Waals surface area contributed by atoms with Crippen LogP contribution in [0.2, 0.25) is 0 Å². The molecule has 0 fully saturated rings. The van der Waals surface area contributed by atoms with Gasteiger partial charge in [-0.25, -0.2) is 0 Å². The molecule has 0 radical (unpaired) electrons. The Morgan fingerprint density at radius 2 is 1.75 bits per heavy atom. The Labute approximate surface area is 139 Å². The van der Waals surface area contributed by atoms with Gasteiger partial charge in [-0.1, -0.05) is 24.3 Å². The van der Waals surface area contributed by atoms with Crippen molar-refractivity contribution in [2.45, 2.75) is 6.92 Å². The van der Waals surface area contributed by atoms with Crippen molar-refractivity contribution in [1.82, 2.24) is 10.9 Å². The second-order valence-electron chi connectivity index (χ2n) is 4.91. The van der Waals surface area contributed by atoms with Gasteiger partial charge in [0.25, 0.3) is 11.8 Å². The summed E-state index contributed by atoms with van der Waals surface area (Å²) in [7, 11) is 1.50. The fourth-order valence-corrected chi connectivity index (χ4v) is 1.95. The first-order valence-corrected chi connectivity index (χ1v) is 7.16. The molecule has 2 aromatic carbocycles. The van der Waals surface area contributed by atoms with Crippen LogP contribution >= 0.6 is 0 Å². The number of aromatic hydroxyl groups is 1. The van der Waals surface area contributed by atoms with Gasteiger partial charge in [0, 0.05) is 0 Å². The van der Waals surface area contributed by atoms with E-state index in [0.29, 0.717) is 17.1 Å². The van der Waals surface area contributed by atoms with Crippen molar-refractivity contribution in [1.29, 1.82) is 0 Å². The van der Waals surface area contributed by atoms with Crippen molar-refractivity contribution < 1.29 is 24.2 Å². The number of hydrogen-bond donors (Lipinski definition) is 3. The number of aryl methyl sites for hydroxylation is 1. The normalized spacial score (nSPS) is 9.92. The molecule has 0 aliphatic carbocycles. The summed E-state index contributed by atoms with van der Waals surface area (Å²) in [6.07, 6.45) is 0. The van der Waals surface area contributed by atoms with Crippen molar-refractivity contribution in [3.63, 3.8) is 0 Å². The van der Waals surface area contributed by atoms with Gasteiger partial charge in [0.2, 0.25) is 0 Å². The van der Waals surface area contributed by atoms with Crippen molar-refractivity contribution >= 4 is 11.8 Å². The minimum absolute atomic E-state index is 0.0703. The highest BCUT2D eigenvalue weighted by atomic mass is 16.5. The number of para-hydroxylation sites is 3. The number of phenolic OH excluding ortho intramolecular Hbond substituents is 1. The SMILES string of the molecule is COc1ccccc1OCC(=O)NNC(=O)c1cccc(C)c1O. The largest absolute Gasteiger partial charge is 0.507 e. The second-order valence-corrected chi connectivity index (χ2v) is 4.91. The smallest absolute Gasteiger partial charge is 0.276 e. The summed E-state index contributed by atoms with van der Waals surface area (Å²) < 4.78 is 10.4. The van der Waals surface area contributed by atoms with Crippen LogP contribution in [-0.4, -0.2) is 30.6 Å². The van der Waals surface area contributed by atoms with Crippen LogP contribution in [0, 0.1) is 6.92 Å². The summed E-state index contributed by atoms with van der Waals surface area (Å²) in [5.41, 5.74) is 5.08. The summed E-state index contributed by atoms with van der Waals surface area (Å²) in [6.45, 7) is 1.37. The zero-order chi connectivity index (χ0) is 17.5. The molecule has 0 unspecified atom stereocenters. The summed E-state index contributed by atoms with van der Waals surface area (Å²) >= 11 is 0. The van der Waals surface area contributed by atoms with E-state index in [4.69, 9.17) is 9.47 Å². The van der Waals surface area contributed by atoms with Crippen molar-refractivity contribution in [3.8, 4) is 17.2 Å². The maximum atomic E-state index is 12.0. The lowest BCUT2D eigenvalue weighted by atomic mass is 10.1. The fourth-order valence-electron chi connectivity index (χ4n) is 1.95. The van der Waals surface area contributed by atoms with E-state index in [2.05, 4.69) is 10.9 Å². The third-order valence-electron chi connectivity index (χ3n) is 3.23. The second kappa shape index (κ2) is 7.87. The maximum absolute atomic E-state index is 12.0.